The molecule has 2 aliphatic heterocycles. The van der Waals surface area contributed by atoms with E-state index in [4.69, 9.17) is 9.47 Å². The number of amides is 2. The summed E-state index contributed by atoms with van der Waals surface area (Å²) in [6.07, 6.45) is 1.67. The van der Waals surface area contributed by atoms with Crippen LogP contribution in [0.1, 0.15) is 19.4 Å². The summed E-state index contributed by atoms with van der Waals surface area (Å²) in [5.74, 6) is -1.06. The molecule has 144 valence electrons. The van der Waals surface area contributed by atoms with Crippen LogP contribution in [0, 0.1) is 0 Å². The van der Waals surface area contributed by atoms with Gasteiger partial charge >= 0.3 is 5.97 Å². The Hall–Kier alpha value is -2.32. The summed E-state index contributed by atoms with van der Waals surface area (Å²) in [4.78, 5) is 40.1. The molecule has 0 N–H and O–H groups in total. The van der Waals surface area contributed by atoms with Crippen LogP contribution in [0.3, 0.4) is 0 Å². The smallest absolute Gasteiger partial charge is 0.329 e. The van der Waals surface area contributed by atoms with Gasteiger partial charge in [-0.1, -0.05) is 12.1 Å². The number of hydrogen-bond donors (Lipinski definition) is 0. The number of benzene rings is 1. The lowest BCUT2D eigenvalue weighted by molar-refractivity contribution is -0.150. The largest absolute Gasteiger partial charge is 0.464 e. The Balaban J connectivity index is 1.72. The third-order valence-electron chi connectivity index (χ3n) is 4.41. The van der Waals surface area contributed by atoms with E-state index in [9.17, 15) is 14.4 Å². The lowest BCUT2D eigenvalue weighted by Crippen LogP contribution is -2.42. The molecule has 1 atom stereocenters. The van der Waals surface area contributed by atoms with Crippen molar-refractivity contribution in [3.05, 3.63) is 34.7 Å². The summed E-state index contributed by atoms with van der Waals surface area (Å²) in [6, 6.07) is 6.86. The molecular weight excluding hydrogens is 368 g/mol. The van der Waals surface area contributed by atoms with Crippen LogP contribution in [0.2, 0.25) is 0 Å². The summed E-state index contributed by atoms with van der Waals surface area (Å²) in [5, 5.41) is -0.461. The normalized spacial score (nSPS) is 20.3. The molecule has 0 spiro atoms. The molecule has 2 saturated heterocycles. The summed E-state index contributed by atoms with van der Waals surface area (Å²) >= 11 is 0.837. The van der Waals surface area contributed by atoms with Crippen molar-refractivity contribution in [3.8, 4) is 0 Å². The summed E-state index contributed by atoms with van der Waals surface area (Å²) in [6.45, 7) is 6.51. The first kappa shape index (κ1) is 19.4. The lowest BCUT2D eigenvalue weighted by atomic mass is 10.1. The van der Waals surface area contributed by atoms with Gasteiger partial charge in [-0.2, -0.15) is 0 Å². The number of thioether (sulfide) groups is 1. The quantitative estimate of drug-likeness (QED) is 0.565. The highest BCUT2D eigenvalue weighted by molar-refractivity contribution is 8.18. The first-order chi connectivity index (χ1) is 13.0. The summed E-state index contributed by atoms with van der Waals surface area (Å²) in [5.41, 5.74) is 1.92. The van der Waals surface area contributed by atoms with Crippen LogP contribution in [0.4, 0.5) is 10.5 Å². The topological polar surface area (TPSA) is 76.2 Å². The highest BCUT2D eigenvalue weighted by Crippen LogP contribution is 2.34. The number of esters is 1. The number of carbonyl (C=O) groups excluding carboxylic acids is 3. The van der Waals surface area contributed by atoms with Crippen LogP contribution >= 0.6 is 11.8 Å². The van der Waals surface area contributed by atoms with Crippen molar-refractivity contribution in [2.24, 2.45) is 0 Å². The number of imide groups is 1. The monoisotopic (exact) mass is 390 g/mol. The molecule has 2 fully saturated rings. The number of morpholine rings is 1. The third kappa shape index (κ3) is 4.33. The van der Waals surface area contributed by atoms with Gasteiger partial charge in [0.1, 0.15) is 6.04 Å². The zero-order chi connectivity index (χ0) is 19.4. The van der Waals surface area contributed by atoms with Gasteiger partial charge < -0.3 is 14.4 Å². The third-order valence-corrected chi connectivity index (χ3v) is 5.29. The van der Waals surface area contributed by atoms with E-state index in [0.717, 1.165) is 41.0 Å². The second-order valence-electron chi connectivity index (χ2n) is 6.17. The van der Waals surface area contributed by atoms with Gasteiger partial charge in [0.05, 0.1) is 24.7 Å². The zero-order valence-electron chi connectivity index (χ0n) is 15.3. The zero-order valence-corrected chi connectivity index (χ0v) is 16.2. The van der Waals surface area contributed by atoms with E-state index in [1.54, 1.807) is 13.0 Å². The number of nitrogens with zero attached hydrogens (tertiary/aromatic N) is 2. The average Bonchev–Trinajstić information content (AvgIpc) is 2.96. The van der Waals surface area contributed by atoms with Crippen LogP contribution in [0.15, 0.2) is 29.2 Å². The van der Waals surface area contributed by atoms with Crippen molar-refractivity contribution in [2.45, 2.75) is 19.9 Å². The fourth-order valence-electron chi connectivity index (χ4n) is 2.94. The average molecular weight is 390 g/mol. The van der Waals surface area contributed by atoms with Crippen LogP contribution in [-0.4, -0.2) is 61.0 Å². The van der Waals surface area contributed by atoms with Crippen LogP contribution in [0.25, 0.3) is 6.08 Å². The van der Waals surface area contributed by atoms with Gasteiger partial charge in [-0.05, 0) is 49.4 Å². The molecule has 2 aliphatic rings. The fraction of sp³-hybridized carbons (Fsp3) is 0.421. The minimum atomic E-state index is -0.938. The Kier molecular flexibility index (Phi) is 6.18. The maximum absolute atomic E-state index is 12.6. The molecule has 0 aromatic heterocycles. The standard InChI is InChI=1S/C19H22N2O5S/c1-3-26-18(23)13(2)21-17(22)16(27-19(21)24)12-14-4-6-15(7-5-14)20-8-10-25-11-9-20/h4-7,12-13H,3,8-11H2,1-2H3/b16-12+/t13-/m0/s1. The Bertz CT molecular complexity index is 756. The van der Waals surface area contributed by atoms with Gasteiger partial charge in [0.25, 0.3) is 11.1 Å². The van der Waals surface area contributed by atoms with E-state index in [1.807, 2.05) is 24.3 Å². The molecule has 27 heavy (non-hydrogen) atoms. The van der Waals surface area contributed by atoms with Gasteiger partial charge in [-0.15, -0.1) is 0 Å². The van der Waals surface area contributed by atoms with Crippen molar-refractivity contribution in [2.75, 3.05) is 37.8 Å². The van der Waals surface area contributed by atoms with Gasteiger partial charge in [0.15, 0.2) is 0 Å². The minimum Gasteiger partial charge on any atom is -0.464 e. The second-order valence-corrected chi connectivity index (χ2v) is 7.16. The molecule has 2 heterocycles. The molecule has 0 unspecified atom stereocenters. The minimum absolute atomic E-state index is 0.199. The molecule has 1 aromatic rings. The van der Waals surface area contributed by atoms with Crippen LogP contribution in [0.5, 0.6) is 0 Å². The maximum atomic E-state index is 12.6. The van der Waals surface area contributed by atoms with Crippen LogP contribution < -0.4 is 4.90 Å². The highest BCUT2D eigenvalue weighted by atomic mass is 32.2. The van der Waals surface area contributed by atoms with Gasteiger partial charge in [0.2, 0.25) is 0 Å². The van der Waals surface area contributed by atoms with Crippen molar-refractivity contribution < 1.29 is 23.9 Å². The SMILES string of the molecule is CCOC(=O)[C@H](C)N1C(=O)S/C(=C/c2ccc(N3CCOCC3)cc2)C1=O. The Labute approximate surface area is 162 Å². The lowest BCUT2D eigenvalue weighted by Gasteiger charge is -2.28. The molecule has 0 saturated carbocycles. The molecule has 1 aromatic carbocycles. The first-order valence-corrected chi connectivity index (χ1v) is 9.69. The Morgan fingerprint density at radius 1 is 1.26 bits per heavy atom. The molecule has 2 amide bonds. The van der Waals surface area contributed by atoms with E-state index in [2.05, 4.69) is 4.90 Å². The molecule has 7 nitrogen and oxygen atoms in total. The van der Waals surface area contributed by atoms with Gasteiger partial charge in [-0.3, -0.25) is 14.5 Å². The van der Waals surface area contributed by atoms with Crippen molar-refractivity contribution >= 4 is 40.6 Å². The molecule has 0 radical (unpaired) electrons. The van der Waals surface area contributed by atoms with E-state index in [-0.39, 0.29) is 6.61 Å². The number of hydrogen-bond acceptors (Lipinski definition) is 7. The number of anilines is 1. The summed E-state index contributed by atoms with van der Waals surface area (Å²) < 4.78 is 10.3. The number of ether oxygens (including phenoxy) is 2. The first-order valence-electron chi connectivity index (χ1n) is 8.87. The Morgan fingerprint density at radius 2 is 1.93 bits per heavy atom. The number of rotatable bonds is 5. The predicted octanol–water partition coefficient (Wildman–Crippen LogP) is 2.51. The van der Waals surface area contributed by atoms with Crippen molar-refractivity contribution in [3.63, 3.8) is 0 Å². The Morgan fingerprint density at radius 3 is 2.56 bits per heavy atom. The molecule has 3 rings (SSSR count). The van der Waals surface area contributed by atoms with E-state index < -0.39 is 23.2 Å². The van der Waals surface area contributed by atoms with Crippen molar-refractivity contribution in [1.29, 1.82) is 0 Å². The molecule has 0 bridgehead atoms. The fourth-order valence-corrected chi connectivity index (χ4v) is 3.84. The van der Waals surface area contributed by atoms with Crippen LogP contribution in [-0.2, 0) is 19.1 Å². The number of carbonyl (C=O) groups is 3. The summed E-state index contributed by atoms with van der Waals surface area (Å²) in [7, 11) is 0. The van der Waals surface area contributed by atoms with E-state index in [0.29, 0.717) is 18.1 Å². The van der Waals surface area contributed by atoms with Gasteiger partial charge in [-0.25, -0.2) is 4.79 Å². The molecular formula is C19H22N2O5S. The van der Waals surface area contributed by atoms with Crippen molar-refractivity contribution in [1.82, 2.24) is 4.90 Å². The maximum Gasteiger partial charge on any atom is 0.329 e. The van der Waals surface area contributed by atoms with E-state index in [1.165, 1.54) is 6.92 Å². The molecule has 8 heteroatoms. The van der Waals surface area contributed by atoms with E-state index >= 15 is 0 Å². The second kappa shape index (κ2) is 8.58. The predicted molar refractivity (Wildman–Crippen MR) is 103 cm³/mol. The molecule has 0 aliphatic carbocycles. The van der Waals surface area contributed by atoms with Gasteiger partial charge in [0, 0.05) is 18.8 Å². The highest BCUT2D eigenvalue weighted by Gasteiger charge is 2.41.